The fourth-order valence-electron chi connectivity index (χ4n) is 2.74. The van der Waals surface area contributed by atoms with Crippen molar-refractivity contribution < 1.29 is 14.3 Å². The molecule has 0 aliphatic carbocycles. The molecule has 0 fully saturated rings. The maximum atomic E-state index is 12.5. The van der Waals surface area contributed by atoms with Crippen LogP contribution in [0.3, 0.4) is 0 Å². The predicted molar refractivity (Wildman–Crippen MR) is 106 cm³/mol. The van der Waals surface area contributed by atoms with Crippen molar-refractivity contribution in [3.8, 4) is 0 Å². The van der Waals surface area contributed by atoms with E-state index in [0.717, 1.165) is 17.5 Å². The Morgan fingerprint density at radius 2 is 1.48 bits per heavy atom. The summed E-state index contributed by atoms with van der Waals surface area (Å²) in [4.78, 5) is 24.5. The lowest BCUT2D eigenvalue weighted by molar-refractivity contribution is -0.123. The minimum Gasteiger partial charge on any atom is -0.445 e. The third kappa shape index (κ3) is 7.13. The maximum Gasteiger partial charge on any atom is 0.408 e. The van der Waals surface area contributed by atoms with E-state index in [9.17, 15) is 9.59 Å². The van der Waals surface area contributed by atoms with Crippen molar-refractivity contribution in [2.75, 3.05) is 0 Å². The van der Waals surface area contributed by atoms with Gasteiger partial charge in [0.25, 0.3) is 0 Å². The van der Waals surface area contributed by atoms with Crippen LogP contribution in [0.5, 0.6) is 0 Å². The standard InChI is InChI=1S/C22H28N2O3/c1-16(2)14-20(19-12-8-5-9-13-19)24-21(25)17(3)23-22(26)27-15-18-10-6-4-7-11-18/h4-13,16-17,20H,14-15H2,1-3H3,(H,23,26)(H,24,25). The molecule has 0 aliphatic heterocycles. The molecule has 2 aromatic rings. The lowest BCUT2D eigenvalue weighted by Crippen LogP contribution is -2.46. The third-order valence-electron chi connectivity index (χ3n) is 4.17. The van der Waals surface area contributed by atoms with Gasteiger partial charge in [0.05, 0.1) is 6.04 Å². The Balaban J connectivity index is 1.87. The molecule has 0 heterocycles. The second-order valence-corrected chi connectivity index (χ2v) is 7.03. The van der Waals surface area contributed by atoms with Crippen molar-refractivity contribution in [2.45, 2.75) is 45.9 Å². The van der Waals surface area contributed by atoms with Crippen molar-refractivity contribution in [2.24, 2.45) is 5.92 Å². The van der Waals surface area contributed by atoms with Gasteiger partial charge in [-0.15, -0.1) is 0 Å². The molecule has 0 saturated heterocycles. The van der Waals surface area contributed by atoms with E-state index in [4.69, 9.17) is 4.74 Å². The average Bonchev–Trinajstić information content (AvgIpc) is 2.67. The summed E-state index contributed by atoms with van der Waals surface area (Å²) in [7, 11) is 0. The number of benzene rings is 2. The second kappa shape index (κ2) is 10.4. The van der Waals surface area contributed by atoms with Gasteiger partial charge in [-0.25, -0.2) is 4.79 Å². The van der Waals surface area contributed by atoms with E-state index >= 15 is 0 Å². The zero-order chi connectivity index (χ0) is 19.6. The molecule has 2 aromatic carbocycles. The van der Waals surface area contributed by atoms with Crippen LogP contribution in [0.25, 0.3) is 0 Å². The Kier molecular flexibility index (Phi) is 7.86. The van der Waals surface area contributed by atoms with Gasteiger partial charge in [0.15, 0.2) is 0 Å². The van der Waals surface area contributed by atoms with Gasteiger partial charge >= 0.3 is 6.09 Å². The topological polar surface area (TPSA) is 67.4 Å². The van der Waals surface area contributed by atoms with E-state index < -0.39 is 12.1 Å². The summed E-state index contributed by atoms with van der Waals surface area (Å²) in [5.41, 5.74) is 1.95. The number of amides is 2. The Bertz CT molecular complexity index is 717. The van der Waals surface area contributed by atoms with Crippen LogP contribution in [0.4, 0.5) is 4.79 Å². The molecular formula is C22H28N2O3. The molecule has 0 spiro atoms. The lowest BCUT2D eigenvalue weighted by Gasteiger charge is -2.23. The van der Waals surface area contributed by atoms with Gasteiger partial charge in [0, 0.05) is 0 Å². The van der Waals surface area contributed by atoms with Crippen LogP contribution in [-0.2, 0) is 16.1 Å². The first-order valence-electron chi connectivity index (χ1n) is 9.28. The molecule has 2 N–H and O–H groups in total. The number of carbonyl (C=O) groups excluding carboxylic acids is 2. The average molecular weight is 368 g/mol. The molecule has 0 aromatic heterocycles. The smallest absolute Gasteiger partial charge is 0.408 e. The number of rotatable bonds is 8. The van der Waals surface area contributed by atoms with Crippen LogP contribution in [0.15, 0.2) is 60.7 Å². The molecule has 0 aliphatic rings. The van der Waals surface area contributed by atoms with Gasteiger partial charge in [-0.1, -0.05) is 74.5 Å². The Morgan fingerprint density at radius 1 is 0.889 bits per heavy atom. The number of hydrogen-bond donors (Lipinski definition) is 2. The quantitative estimate of drug-likeness (QED) is 0.734. The third-order valence-corrected chi connectivity index (χ3v) is 4.17. The fraction of sp³-hybridized carbons (Fsp3) is 0.364. The minimum absolute atomic E-state index is 0.0942. The summed E-state index contributed by atoms with van der Waals surface area (Å²) in [6, 6.07) is 18.5. The number of ether oxygens (including phenoxy) is 1. The van der Waals surface area contributed by atoms with Crippen molar-refractivity contribution >= 4 is 12.0 Å². The van der Waals surface area contributed by atoms with E-state index in [2.05, 4.69) is 24.5 Å². The zero-order valence-corrected chi connectivity index (χ0v) is 16.1. The lowest BCUT2D eigenvalue weighted by atomic mass is 9.97. The molecule has 2 rings (SSSR count). The highest BCUT2D eigenvalue weighted by molar-refractivity contribution is 5.85. The van der Waals surface area contributed by atoms with E-state index in [-0.39, 0.29) is 18.6 Å². The summed E-state index contributed by atoms with van der Waals surface area (Å²) in [5.74, 6) is 0.191. The van der Waals surface area contributed by atoms with E-state index in [1.54, 1.807) is 6.92 Å². The van der Waals surface area contributed by atoms with Crippen molar-refractivity contribution in [3.05, 3.63) is 71.8 Å². The van der Waals surface area contributed by atoms with Crippen molar-refractivity contribution in [1.29, 1.82) is 0 Å². The van der Waals surface area contributed by atoms with Crippen molar-refractivity contribution in [3.63, 3.8) is 0 Å². The number of alkyl carbamates (subject to hydrolysis) is 1. The number of hydrogen-bond acceptors (Lipinski definition) is 3. The first kappa shape index (κ1) is 20.5. The largest absolute Gasteiger partial charge is 0.445 e. The van der Waals surface area contributed by atoms with Crippen LogP contribution in [0.2, 0.25) is 0 Å². The second-order valence-electron chi connectivity index (χ2n) is 7.03. The number of nitrogens with one attached hydrogen (secondary N) is 2. The van der Waals surface area contributed by atoms with Gasteiger partial charge in [0.2, 0.25) is 5.91 Å². The fourth-order valence-corrected chi connectivity index (χ4v) is 2.74. The minimum atomic E-state index is -0.688. The van der Waals surface area contributed by atoms with Gasteiger partial charge in [0.1, 0.15) is 12.6 Å². The highest BCUT2D eigenvalue weighted by atomic mass is 16.5. The number of carbonyl (C=O) groups is 2. The van der Waals surface area contributed by atoms with Crippen LogP contribution >= 0.6 is 0 Å². The van der Waals surface area contributed by atoms with Crippen LogP contribution < -0.4 is 10.6 Å². The molecule has 0 radical (unpaired) electrons. The summed E-state index contributed by atoms with van der Waals surface area (Å²) in [6.45, 7) is 6.05. The Hall–Kier alpha value is -2.82. The predicted octanol–water partition coefficient (Wildman–Crippen LogP) is 4.20. The van der Waals surface area contributed by atoms with Gasteiger partial charge in [-0.2, -0.15) is 0 Å². The summed E-state index contributed by atoms with van der Waals surface area (Å²) >= 11 is 0. The van der Waals surface area contributed by atoms with E-state index in [1.807, 2.05) is 60.7 Å². The molecule has 144 valence electrons. The molecule has 2 atom stereocenters. The SMILES string of the molecule is CC(C)CC(NC(=O)C(C)NC(=O)OCc1ccccc1)c1ccccc1. The monoisotopic (exact) mass is 368 g/mol. The summed E-state index contributed by atoms with van der Waals surface area (Å²) < 4.78 is 5.17. The van der Waals surface area contributed by atoms with Gasteiger partial charge < -0.3 is 15.4 Å². The maximum absolute atomic E-state index is 12.5. The molecule has 2 amide bonds. The van der Waals surface area contributed by atoms with Gasteiger partial charge in [-0.3, -0.25) is 4.79 Å². The van der Waals surface area contributed by atoms with E-state index in [1.165, 1.54) is 0 Å². The van der Waals surface area contributed by atoms with Crippen LogP contribution in [0.1, 0.15) is 44.4 Å². The molecule has 5 nitrogen and oxygen atoms in total. The molecule has 5 heteroatoms. The molecular weight excluding hydrogens is 340 g/mol. The van der Waals surface area contributed by atoms with E-state index in [0.29, 0.717) is 5.92 Å². The van der Waals surface area contributed by atoms with Crippen LogP contribution in [0, 0.1) is 5.92 Å². The summed E-state index contributed by atoms with van der Waals surface area (Å²) in [5, 5.41) is 5.62. The highest BCUT2D eigenvalue weighted by Gasteiger charge is 2.21. The zero-order valence-electron chi connectivity index (χ0n) is 16.1. The first-order chi connectivity index (χ1) is 13.0. The molecule has 27 heavy (non-hydrogen) atoms. The highest BCUT2D eigenvalue weighted by Crippen LogP contribution is 2.21. The molecule has 2 unspecified atom stereocenters. The van der Waals surface area contributed by atoms with Gasteiger partial charge in [-0.05, 0) is 30.4 Å². The first-order valence-corrected chi connectivity index (χ1v) is 9.28. The summed E-state index contributed by atoms with van der Waals surface area (Å²) in [6.07, 6.45) is 0.211. The Labute approximate surface area is 161 Å². The Morgan fingerprint density at radius 3 is 2.07 bits per heavy atom. The van der Waals surface area contributed by atoms with Crippen molar-refractivity contribution in [1.82, 2.24) is 10.6 Å². The normalized spacial score (nSPS) is 12.9. The molecule has 0 saturated carbocycles. The van der Waals surface area contributed by atoms with Crippen LogP contribution in [-0.4, -0.2) is 18.0 Å². The molecule has 0 bridgehead atoms.